The predicted octanol–water partition coefficient (Wildman–Crippen LogP) is 1.02. The molecule has 1 rings (SSSR count). The van der Waals surface area contributed by atoms with Crippen LogP contribution in [-0.4, -0.2) is 23.2 Å². The van der Waals surface area contributed by atoms with Crippen molar-refractivity contribution in [3.63, 3.8) is 0 Å². The molecule has 0 aromatic carbocycles. The average Bonchev–Trinajstić information content (AvgIpc) is 2.14. The van der Waals surface area contributed by atoms with Gasteiger partial charge < -0.3 is 5.32 Å². The zero-order chi connectivity index (χ0) is 11.4. The second-order valence-corrected chi connectivity index (χ2v) is 3.47. The number of Topliss-reactive ketones (excluding diaryl/α,β-unsaturated/α-hetero) is 1. The van der Waals surface area contributed by atoms with E-state index in [9.17, 15) is 9.59 Å². The Morgan fingerprint density at radius 3 is 2.53 bits per heavy atom. The first-order chi connectivity index (χ1) is 7.00. The van der Waals surface area contributed by atoms with Gasteiger partial charge in [0.2, 0.25) is 0 Å². The zero-order valence-electron chi connectivity index (χ0n) is 9.13. The van der Waals surface area contributed by atoms with E-state index in [0.29, 0.717) is 11.3 Å². The van der Waals surface area contributed by atoms with Crippen molar-refractivity contribution in [3.8, 4) is 0 Å². The van der Waals surface area contributed by atoms with Gasteiger partial charge in [-0.15, -0.1) is 0 Å². The second-order valence-electron chi connectivity index (χ2n) is 3.47. The molecule has 1 heterocycles. The van der Waals surface area contributed by atoms with Gasteiger partial charge in [0.1, 0.15) is 5.78 Å². The first-order valence-corrected chi connectivity index (χ1v) is 4.72. The summed E-state index contributed by atoms with van der Waals surface area (Å²) in [4.78, 5) is 26.4. The number of nitrogens with zero attached hydrogens (tertiary/aromatic N) is 1. The summed E-state index contributed by atoms with van der Waals surface area (Å²) in [6.07, 6.45) is 0. The van der Waals surface area contributed by atoms with Gasteiger partial charge in [-0.2, -0.15) is 0 Å². The van der Waals surface area contributed by atoms with Crippen LogP contribution in [0.15, 0.2) is 12.1 Å². The Labute approximate surface area is 88.7 Å². The summed E-state index contributed by atoms with van der Waals surface area (Å²) < 4.78 is 0. The van der Waals surface area contributed by atoms with Crippen LogP contribution in [0.2, 0.25) is 0 Å². The lowest BCUT2D eigenvalue weighted by Gasteiger charge is -2.05. The molecule has 1 amide bonds. The third kappa shape index (κ3) is 3.16. The van der Waals surface area contributed by atoms with Crippen molar-refractivity contribution in [2.24, 2.45) is 0 Å². The number of aryl methyl sites for hydroxylation is 2. The van der Waals surface area contributed by atoms with Crippen molar-refractivity contribution >= 4 is 11.7 Å². The van der Waals surface area contributed by atoms with Gasteiger partial charge >= 0.3 is 0 Å². The topological polar surface area (TPSA) is 59.1 Å². The van der Waals surface area contributed by atoms with Gasteiger partial charge in [0, 0.05) is 5.69 Å². The Kier molecular flexibility index (Phi) is 3.55. The van der Waals surface area contributed by atoms with Crippen LogP contribution in [0.25, 0.3) is 0 Å². The number of ketones is 1. The largest absolute Gasteiger partial charge is 0.345 e. The van der Waals surface area contributed by atoms with E-state index in [-0.39, 0.29) is 18.2 Å². The maximum absolute atomic E-state index is 11.6. The zero-order valence-corrected chi connectivity index (χ0v) is 9.13. The standard InChI is InChI=1S/C11H14N2O2/c1-7-4-5-10(9(3)13-7)11(15)12-6-8(2)14/h4-5H,6H2,1-3H3,(H,12,15). The predicted molar refractivity (Wildman–Crippen MR) is 56.7 cm³/mol. The minimum Gasteiger partial charge on any atom is -0.345 e. The van der Waals surface area contributed by atoms with Crippen molar-refractivity contribution in [2.45, 2.75) is 20.8 Å². The van der Waals surface area contributed by atoms with Crippen LogP contribution in [0.1, 0.15) is 28.7 Å². The summed E-state index contributed by atoms with van der Waals surface area (Å²) in [5, 5.41) is 2.53. The van der Waals surface area contributed by atoms with E-state index in [1.54, 1.807) is 19.1 Å². The highest BCUT2D eigenvalue weighted by molar-refractivity contribution is 5.97. The smallest absolute Gasteiger partial charge is 0.253 e. The van der Waals surface area contributed by atoms with E-state index < -0.39 is 0 Å². The van der Waals surface area contributed by atoms with E-state index in [0.717, 1.165) is 5.69 Å². The minimum absolute atomic E-state index is 0.0617. The third-order valence-electron chi connectivity index (χ3n) is 1.97. The number of aromatic nitrogens is 1. The van der Waals surface area contributed by atoms with Gasteiger partial charge in [0.25, 0.3) is 5.91 Å². The highest BCUT2D eigenvalue weighted by Gasteiger charge is 2.09. The Balaban J connectivity index is 2.78. The van der Waals surface area contributed by atoms with E-state index in [2.05, 4.69) is 10.3 Å². The summed E-state index contributed by atoms with van der Waals surface area (Å²) in [5.74, 6) is -0.323. The summed E-state index contributed by atoms with van der Waals surface area (Å²) in [6.45, 7) is 5.13. The highest BCUT2D eigenvalue weighted by Crippen LogP contribution is 2.05. The lowest BCUT2D eigenvalue weighted by atomic mass is 10.1. The molecule has 0 saturated carbocycles. The molecule has 0 aliphatic carbocycles. The Bertz CT molecular complexity index is 400. The number of hydrogen-bond acceptors (Lipinski definition) is 3. The van der Waals surface area contributed by atoms with Crippen LogP contribution in [0.3, 0.4) is 0 Å². The number of hydrogen-bond donors (Lipinski definition) is 1. The summed E-state index contributed by atoms with van der Waals surface area (Å²) in [6, 6.07) is 3.49. The normalized spacial score (nSPS) is 9.80. The van der Waals surface area contributed by atoms with E-state index in [1.807, 2.05) is 6.92 Å². The van der Waals surface area contributed by atoms with Gasteiger partial charge in [0.15, 0.2) is 0 Å². The van der Waals surface area contributed by atoms with Crippen molar-refractivity contribution < 1.29 is 9.59 Å². The SMILES string of the molecule is CC(=O)CNC(=O)c1ccc(C)nc1C. The number of nitrogens with one attached hydrogen (secondary N) is 1. The molecular formula is C11H14N2O2. The molecule has 80 valence electrons. The van der Waals surface area contributed by atoms with Crippen molar-refractivity contribution in [2.75, 3.05) is 6.54 Å². The van der Waals surface area contributed by atoms with Crippen molar-refractivity contribution in [1.29, 1.82) is 0 Å². The van der Waals surface area contributed by atoms with Crippen LogP contribution in [0.5, 0.6) is 0 Å². The van der Waals surface area contributed by atoms with Gasteiger partial charge in [-0.25, -0.2) is 0 Å². The maximum atomic E-state index is 11.6. The van der Waals surface area contributed by atoms with Crippen molar-refractivity contribution in [1.82, 2.24) is 10.3 Å². The Morgan fingerprint density at radius 2 is 2.00 bits per heavy atom. The molecule has 0 atom stereocenters. The molecule has 0 aliphatic rings. The fraction of sp³-hybridized carbons (Fsp3) is 0.364. The Hall–Kier alpha value is -1.71. The number of rotatable bonds is 3. The first kappa shape index (κ1) is 11.4. The summed E-state index contributed by atoms with van der Waals surface area (Å²) in [7, 11) is 0. The van der Waals surface area contributed by atoms with Crippen LogP contribution in [-0.2, 0) is 4.79 Å². The van der Waals surface area contributed by atoms with Crippen LogP contribution in [0.4, 0.5) is 0 Å². The van der Waals surface area contributed by atoms with Gasteiger partial charge in [-0.3, -0.25) is 14.6 Å². The fourth-order valence-corrected chi connectivity index (χ4v) is 1.23. The van der Waals surface area contributed by atoms with E-state index in [1.165, 1.54) is 6.92 Å². The molecule has 4 nitrogen and oxygen atoms in total. The second kappa shape index (κ2) is 4.68. The lowest BCUT2D eigenvalue weighted by molar-refractivity contribution is -0.116. The molecule has 0 saturated heterocycles. The quantitative estimate of drug-likeness (QED) is 0.803. The average molecular weight is 206 g/mol. The Morgan fingerprint density at radius 1 is 1.33 bits per heavy atom. The molecule has 0 bridgehead atoms. The molecule has 0 radical (unpaired) electrons. The monoisotopic (exact) mass is 206 g/mol. The van der Waals surface area contributed by atoms with E-state index in [4.69, 9.17) is 0 Å². The van der Waals surface area contributed by atoms with Gasteiger partial charge in [-0.05, 0) is 32.9 Å². The van der Waals surface area contributed by atoms with Crippen LogP contribution >= 0.6 is 0 Å². The maximum Gasteiger partial charge on any atom is 0.253 e. The number of carbonyl (C=O) groups excluding carboxylic acids is 2. The molecular weight excluding hydrogens is 192 g/mol. The van der Waals surface area contributed by atoms with E-state index >= 15 is 0 Å². The number of pyridine rings is 1. The molecule has 0 unspecified atom stereocenters. The van der Waals surface area contributed by atoms with Crippen LogP contribution in [0, 0.1) is 13.8 Å². The lowest BCUT2D eigenvalue weighted by Crippen LogP contribution is -2.29. The van der Waals surface area contributed by atoms with Gasteiger partial charge in [0.05, 0.1) is 17.8 Å². The minimum atomic E-state index is -0.254. The molecule has 15 heavy (non-hydrogen) atoms. The number of carbonyl (C=O) groups is 2. The third-order valence-corrected chi connectivity index (χ3v) is 1.97. The molecule has 0 fully saturated rings. The molecule has 1 aromatic rings. The highest BCUT2D eigenvalue weighted by atomic mass is 16.2. The summed E-state index contributed by atoms with van der Waals surface area (Å²) >= 11 is 0. The number of amides is 1. The molecule has 1 N–H and O–H groups in total. The van der Waals surface area contributed by atoms with Gasteiger partial charge in [-0.1, -0.05) is 0 Å². The summed E-state index contributed by atoms with van der Waals surface area (Å²) in [5.41, 5.74) is 2.06. The molecule has 0 aliphatic heterocycles. The van der Waals surface area contributed by atoms with Crippen LogP contribution < -0.4 is 5.32 Å². The molecule has 4 heteroatoms. The first-order valence-electron chi connectivity index (χ1n) is 4.72. The molecule has 0 spiro atoms. The van der Waals surface area contributed by atoms with Crippen molar-refractivity contribution in [3.05, 3.63) is 29.1 Å². The fourth-order valence-electron chi connectivity index (χ4n) is 1.23. The molecule has 1 aromatic heterocycles.